The molecule has 2 aromatic carbocycles. The van der Waals surface area contributed by atoms with E-state index in [0.29, 0.717) is 16.7 Å². The van der Waals surface area contributed by atoms with Crippen LogP contribution in [0.15, 0.2) is 72.5 Å². The van der Waals surface area contributed by atoms with E-state index in [1.54, 1.807) is 42.5 Å². The molecule has 0 saturated carbocycles. The van der Waals surface area contributed by atoms with Crippen molar-refractivity contribution in [3.63, 3.8) is 0 Å². The van der Waals surface area contributed by atoms with Gasteiger partial charge in [-0.3, -0.25) is 4.79 Å². The maximum Gasteiger partial charge on any atom is 0.333 e. The first-order valence-corrected chi connectivity index (χ1v) is 10.6. The van der Waals surface area contributed by atoms with Crippen LogP contribution in [0.3, 0.4) is 0 Å². The second kappa shape index (κ2) is 13.4. The molecule has 8 nitrogen and oxygen atoms in total. The quantitative estimate of drug-likeness (QED) is 0.137. The molecule has 0 unspecified atom stereocenters. The van der Waals surface area contributed by atoms with E-state index < -0.39 is 5.97 Å². The molecule has 0 saturated heterocycles. The van der Waals surface area contributed by atoms with E-state index in [9.17, 15) is 24.9 Å². The van der Waals surface area contributed by atoms with Gasteiger partial charge < -0.3 is 29.5 Å². The van der Waals surface area contributed by atoms with Crippen LogP contribution < -0.4 is 4.74 Å². The summed E-state index contributed by atoms with van der Waals surface area (Å²) in [6.45, 7) is 4.67. The van der Waals surface area contributed by atoms with E-state index in [0.717, 1.165) is 0 Å². The number of benzene rings is 2. The number of rotatable bonds is 12. The fourth-order valence-electron chi connectivity index (χ4n) is 2.73. The van der Waals surface area contributed by atoms with Gasteiger partial charge in [0.15, 0.2) is 17.3 Å². The molecule has 0 heterocycles. The number of ether oxygens (including phenoxy) is 3. The fraction of sp³-hybridized carbons (Fsp3) is 0.185. The van der Waals surface area contributed by atoms with Crippen LogP contribution in [0, 0.1) is 0 Å². The number of carbonyl (C=O) groups is 2. The van der Waals surface area contributed by atoms with Gasteiger partial charge in [0, 0.05) is 17.2 Å². The molecule has 0 aromatic heterocycles. The molecule has 184 valence electrons. The standard InChI is InChI=1S/C27H28O8/c1-18(2)27(32)35-13-12-34-23(9-5-19-6-10-24(30)21(14-19)17-28)16-22(29)8-4-20-7-11-25(31)26(15-20)33-3/h4-11,14-16,28,30-31H,1,12-13,17H2,2-3H3/b8-4+,9-5+,23-16-. The second-order valence-electron chi connectivity index (χ2n) is 7.36. The number of esters is 1. The van der Waals surface area contributed by atoms with Crippen LogP contribution >= 0.6 is 0 Å². The monoisotopic (exact) mass is 480 g/mol. The molecule has 2 aromatic rings. The van der Waals surface area contributed by atoms with Gasteiger partial charge in [-0.05, 0) is 54.5 Å². The summed E-state index contributed by atoms with van der Waals surface area (Å²) in [7, 11) is 1.43. The average Bonchev–Trinajstić information content (AvgIpc) is 2.84. The number of phenols is 2. The van der Waals surface area contributed by atoms with Crippen LogP contribution in [0.1, 0.15) is 23.6 Å². The number of carbonyl (C=O) groups excluding carboxylic acids is 2. The third kappa shape index (κ3) is 8.87. The Kier molecular flexibility index (Phi) is 10.3. The van der Waals surface area contributed by atoms with Crippen LogP contribution in [-0.2, 0) is 25.7 Å². The van der Waals surface area contributed by atoms with Crippen LogP contribution in [-0.4, -0.2) is 47.4 Å². The van der Waals surface area contributed by atoms with Crippen LogP contribution in [0.4, 0.5) is 0 Å². The predicted octanol–water partition coefficient (Wildman–Crippen LogP) is 3.91. The Bertz CT molecular complexity index is 1160. The van der Waals surface area contributed by atoms with Crippen LogP contribution in [0.2, 0.25) is 0 Å². The summed E-state index contributed by atoms with van der Waals surface area (Å²) in [6.07, 6.45) is 7.34. The Labute approximate surface area is 203 Å². The van der Waals surface area contributed by atoms with Crippen molar-refractivity contribution < 1.29 is 39.1 Å². The molecule has 3 N–H and O–H groups in total. The summed E-state index contributed by atoms with van der Waals surface area (Å²) in [4.78, 5) is 24.0. The van der Waals surface area contributed by atoms with Gasteiger partial charge in [-0.25, -0.2) is 4.79 Å². The van der Waals surface area contributed by atoms with E-state index >= 15 is 0 Å². The number of aliphatic hydroxyl groups is 1. The van der Waals surface area contributed by atoms with Gasteiger partial charge in [-0.1, -0.05) is 30.9 Å². The molecular weight excluding hydrogens is 452 g/mol. The number of aromatic hydroxyl groups is 2. The van der Waals surface area contributed by atoms with E-state index in [1.807, 2.05) is 0 Å². The largest absolute Gasteiger partial charge is 0.508 e. The molecule has 0 bridgehead atoms. The molecule has 2 rings (SSSR count). The molecule has 0 radical (unpaired) electrons. The average molecular weight is 481 g/mol. The van der Waals surface area contributed by atoms with E-state index in [1.165, 1.54) is 38.3 Å². The highest BCUT2D eigenvalue weighted by atomic mass is 16.6. The number of phenolic OH excluding ortho intramolecular Hbond substituents is 1. The van der Waals surface area contributed by atoms with Crippen LogP contribution in [0.25, 0.3) is 12.2 Å². The van der Waals surface area contributed by atoms with Crippen molar-refractivity contribution in [2.24, 2.45) is 0 Å². The van der Waals surface area contributed by atoms with Crippen LogP contribution in [0.5, 0.6) is 17.2 Å². The van der Waals surface area contributed by atoms with Crippen molar-refractivity contribution in [1.82, 2.24) is 0 Å². The molecule has 0 spiro atoms. The summed E-state index contributed by atoms with van der Waals surface area (Å²) >= 11 is 0. The summed E-state index contributed by atoms with van der Waals surface area (Å²) in [5.41, 5.74) is 1.92. The zero-order chi connectivity index (χ0) is 25.8. The van der Waals surface area contributed by atoms with Crippen molar-refractivity contribution in [2.75, 3.05) is 20.3 Å². The second-order valence-corrected chi connectivity index (χ2v) is 7.36. The molecule has 0 aliphatic rings. The first-order chi connectivity index (χ1) is 16.7. The lowest BCUT2D eigenvalue weighted by molar-refractivity contribution is -0.140. The van der Waals surface area contributed by atoms with E-state index in [-0.39, 0.29) is 54.2 Å². The molecule has 0 amide bonds. The zero-order valence-electron chi connectivity index (χ0n) is 19.6. The predicted molar refractivity (Wildman–Crippen MR) is 132 cm³/mol. The van der Waals surface area contributed by atoms with Gasteiger partial charge in [0.05, 0.1) is 13.7 Å². The maximum atomic E-state index is 12.5. The topological polar surface area (TPSA) is 123 Å². The minimum atomic E-state index is -0.543. The Morgan fingerprint density at radius 1 is 0.943 bits per heavy atom. The fourth-order valence-corrected chi connectivity index (χ4v) is 2.73. The normalized spacial score (nSPS) is 11.6. The lowest BCUT2D eigenvalue weighted by atomic mass is 10.1. The third-order valence-electron chi connectivity index (χ3n) is 4.58. The van der Waals surface area contributed by atoms with Crippen molar-refractivity contribution in [3.8, 4) is 17.2 Å². The lowest BCUT2D eigenvalue weighted by Crippen LogP contribution is -2.10. The number of allylic oxidation sites excluding steroid dienone is 3. The summed E-state index contributed by atoms with van der Waals surface area (Å²) in [5.74, 6) is -0.476. The van der Waals surface area contributed by atoms with E-state index in [2.05, 4.69) is 6.58 Å². The highest BCUT2D eigenvalue weighted by Gasteiger charge is 2.05. The summed E-state index contributed by atoms with van der Waals surface area (Å²) in [6, 6.07) is 9.35. The lowest BCUT2D eigenvalue weighted by Gasteiger charge is -2.08. The zero-order valence-corrected chi connectivity index (χ0v) is 19.6. The molecule has 0 aliphatic carbocycles. The Morgan fingerprint density at radius 2 is 1.57 bits per heavy atom. The number of methoxy groups -OCH3 is 1. The Hall–Kier alpha value is -4.30. The number of aliphatic hydroxyl groups excluding tert-OH is 1. The van der Waals surface area contributed by atoms with Crippen molar-refractivity contribution >= 4 is 23.9 Å². The number of hydrogen-bond donors (Lipinski definition) is 3. The molecule has 8 heteroatoms. The minimum Gasteiger partial charge on any atom is -0.508 e. The van der Waals surface area contributed by atoms with Gasteiger partial charge >= 0.3 is 5.97 Å². The van der Waals surface area contributed by atoms with Crippen molar-refractivity contribution in [3.05, 3.63) is 89.2 Å². The first-order valence-electron chi connectivity index (χ1n) is 10.6. The first kappa shape index (κ1) is 26.9. The van der Waals surface area contributed by atoms with Crippen molar-refractivity contribution in [2.45, 2.75) is 13.5 Å². The van der Waals surface area contributed by atoms with Gasteiger partial charge in [-0.15, -0.1) is 0 Å². The Balaban J connectivity index is 2.18. The van der Waals surface area contributed by atoms with Crippen molar-refractivity contribution in [1.29, 1.82) is 0 Å². The molecule has 0 atom stereocenters. The number of ketones is 1. The highest BCUT2D eigenvalue weighted by Crippen LogP contribution is 2.26. The smallest absolute Gasteiger partial charge is 0.333 e. The van der Waals surface area contributed by atoms with Gasteiger partial charge in [0.25, 0.3) is 0 Å². The number of hydrogen-bond acceptors (Lipinski definition) is 8. The minimum absolute atomic E-state index is 0.00117. The van der Waals surface area contributed by atoms with Gasteiger partial charge in [0.2, 0.25) is 0 Å². The maximum absolute atomic E-state index is 12.5. The highest BCUT2D eigenvalue weighted by molar-refractivity contribution is 6.02. The summed E-state index contributed by atoms with van der Waals surface area (Å²) in [5, 5.41) is 28.7. The van der Waals surface area contributed by atoms with E-state index in [4.69, 9.17) is 14.2 Å². The molecular formula is C27H28O8. The van der Waals surface area contributed by atoms with Gasteiger partial charge in [0.1, 0.15) is 24.7 Å². The molecule has 35 heavy (non-hydrogen) atoms. The third-order valence-corrected chi connectivity index (χ3v) is 4.58. The van der Waals surface area contributed by atoms with Gasteiger partial charge in [-0.2, -0.15) is 0 Å². The molecule has 0 aliphatic heterocycles. The SMILES string of the molecule is C=C(C)C(=O)OCCOC(=C\C(=O)/C=C/c1ccc(O)c(OC)c1)/C=C/c1ccc(O)c(CO)c1. The Morgan fingerprint density at radius 3 is 2.23 bits per heavy atom. The molecule has 0 fully saturated rings. The summed E-state index contributed by atoms with van der Waals surface area (Å²) < 4.78 is 15.7.